The van der Waals surface area contributed by atoms with Crippen LogP contribution in [0.2, 0.25) is 0 Å². The summed E-state index contributed by atoms with van der Waals surface area (Å²) in [6.07, 6.45) is 0.906. The van der Waals surface area contributed by atoms with Crippen molar-refractivity contribution in [2.75, 3.05) is 46.9 Å². The van der Waals surface area contributed by atoms with Gasteiger partial charge in [-0.3, -0.25) is 4.79 Å². The second-order valence-corrected chi connectivity index (χ2v) is 5.65. The number of aliphatic carboxylic acids is 1. The summed E-state index contributed by atoms with van der Waals surface area (Å²) in [6, 6.07) is -0.0195. The molecule has 2 aliphatic rings. The minimum atomic E-state index is -0.897. The molecule has 0 spiro atoms. The molecule has 2 saturated heterocycles. The van der Waals surface area contributed by atoms with E-state index in [0.717, 1.165) is 13.0 Å². The average molecular weight is 285 g/mol. The predicted octanol–water partition coefficient (Wildman–Crippen LogP) is -0.0822. The van der Waals surface area contributed by atoms with Gasteiger partial charge in [-0.1, -0.05) is 0 Å². The number of hydrogen-bond acceptors (Lipinski definition) is 4. The van der Waals surface area contributed by atoms with Gasteiger partial charge in [0.05, 0.1) is 25.7 Å². The zero-order chi connectivity index (χ0) is 14.7. The Kier molecular flexibility index (Phi) is 4.82. The summed E-state index contributed by atoms with van der Waals surface area (Å²) in [5.74, 6) is -0.897. The quantitative estimate of drug-likeness (QED) is 0.785. The molecule has 2 heterocycles. The van der Waals surface area contributed by atoms with Gasteiger partial charge in [-0.05, 0) is 20.5 Å². The van der Waals surface area contributed by atoms with Crippen LogP contribution in [0.15, 0.2) is 0 Å². The summed E-state index contributed by atoms with van der Waals surface area (Å²) >= 11 is 0. The molecule has 0 aliphatic carbocycles. The highest BCUT2D eigenvalue weighted by molar-refractivity contribution is 5.76. The van der Waals surface area contributed by atoms with Crippen molar-refractivity contribution in [1.82, 2.24) is 14.7 Å². The summed E-state index contributed by atoms with van der Waals surface area (Å²) in [5, 5.41) is 8.93. The third-order valence-electron chi connectivity index (χ3n) is 4.05. The Morgan fingerprint density at radius 1 is 1.35 bits per heavy atom. The lowest BCUT2D eigenvalue weighted by Crippen LogP contribution is -2.54. The molecule has 20 heavy (non-hydrogen) atoms. The van der Waals surface area contributed by atoms with Crippen LogP contribution in [0.3, 0.4) is 0 Å². The van der Waals surface area contributed by atoms with Crippen LogP contribution in [0, 0.1) is 0 Å². The lowest BCUT2D eigenvalue weighted by Gasteiger charge is -2.37. The first-order valence-corrected chi connectivity index (χ1v) is 7.00. The Labute approximate surface area is 119 Å². The van der Waals surface area contributed by atoms with E-state index in [1.807, 2.05) is 19.0 Å². The topological polar surface area (TPSA) is 73.3 Å². The summed E-state index contributed by atoms with van der Waals surface area (Å²) in [6.45, 7) is 2.71. The van der Waals surface area contributed by atoms with Gasteiger partial charge < -0.3 is 24.5 Å². The van der Waals surface area contributed by atoms with E-state index in [1.165, 1.54) is 0 Å². The van der Waals surface area contributed by atoms with E-state index >= 15 is 0 Å². The Balaban J connectivity index is 1.97. The molecule has 2 unspecified atom stereocenters. The maximum Gasteiger partial charge on any atom is 0.320 e. The van der Waals surface area contributed by atoms with Crippen LogP contribution in [-0.2, 0) is 9.53 Å². The standard InChI is InChI=1S/C13H23N3O4/c1-14(2)10-3-4-15(8-10)13(19)16-5-6-20-9-11(16)7-12(17)18/h10-11H,3-9H2,1-2H3,(H,17,18). The number of amides is 2. The molecule has 1 N–H and O–H groups in total. The molecular weight excluding hydrogens is 262 g/mol. The fourth-order valence-electron chi connectivity index (χ4n) is 2.80. The summed E-state index contributed by atoms with van der Waals surface area (Å²) in [4.78, 5) is 29.0. The second-order valence-electron chi connectivity index (χ2n) is 5.65. The Morgan fingerprint density at radius 2 is 2.10 bits per heavy atom. The molecule has 0 aromatic carbocycles. The molecule has 114 valence electrons. The molecule has 7 heteroatoms. The molecule has 2 rings (SSSR count). The highest BCUT2D eigenvalue weighted by Gasteiger charge is 2.35. The number of morpholine rings is 1. The number of carbonyl (C=O) groups excluding carboxylic acids is 1. The number of ether oxygens (including phenoxy) is 1. The zero-order valence-electron chi connectivity index (χ0n) is 12.1. The second kappa shape index (κ2) is 6.41. The molecule has 7 nitrogen and oxygen atoms in total. The molecule has 0 radical (unpaired) electrons. The third-order valence-corrected chi connectivity index (χ3v) is 4.05. The van der Waals surface area contributed by atoms with Gasteiger partial charge in [-0.25, -0.2) is 4.79 Å². The fraction of sp³-hybridized carbons (Fsp3) is 0.846. The lowest BCUT2D eigenvalue weighted by molar-refractivity contribution is -0.139. The van der Waals surface area contributed by atoms with Crippen LogP contribution in [0.1, 0.15) is 12.8 Å². The van der Waals surface area contributed by atoms with Crippen molar-refractivity contribution in [3.8, 4) is 0 Å². The molecule has 2 amide bonds. The minimum Gasteiger partial charge on any atom is -0.481 e. The number of urea groups is 1. The van der Waals surface area contributed by atoms with Crippen LogP contribution in [-0.4, -0.2) is 90.8 Å². The first-order chi connectivity index (χ1) is 9.49. The number of carbonyl (C=O) groups is 2. The first-order valence-electron chi connectivity index (χ1n) is 7.00. The Bertz CT molecular complexity index is 375. The van der Waals surface area contributed by atoms with Gasteiger partial charge in [-0.2, -0.15) is 0 Å². The normalized spacial score (nSPS) is 27.1. The molecule has 2 fully saturated rings. The van der Waals surface area contributed by atoms with Crippen LogP contribution in [0.4, 0.5) is 4.79 Å². The molecule has 0 bridgehead atoms. The molecular formula is C13H23N3O4. The van der Waals surface area contributed by atoms with Gasteiger partial charge in [0, 0.05) is 25.7 Å². The number of hydrogen-bond donors (Lipinski definition) is 1. The van der Waals surface area contributed by atoms with Crippen molar-refractivity contribution in [2.45, 2.75) is 24.9 Å². The lowest BCUT2D eigenvalue weighted by atomic mass is 10.1. The van der Waals surface area contributed by atoms with Crippen molar-refractivity contribution in [2.24, 2.45) is 0 Å². The van der Waals surface area contributed by atoms with E-state index in [4.69, 9.17) is 9.84 Å². The maximum atomic E-state index is 12.5. The van der Waals surface area contributed by atoms with Crippen LogP contribution >= 0.6 is 0 Å². The Hall–Kier alpha value is -1.34. The zero-order valence-corrected chi connectivity index (χ0v) is 12.1. The minimum absolute atomic E-state index is 0.0519. The SMILES string of the molecule is CN(C)C1CCN(C(=O)N2CCOCC2CC(=O)O)C1. The molecule has 2 aliphatic heterocycles. The number of carboxylic acids is 1. The van der Waals surface area contributed by atoms with Crippen molar-refractivity contribution in [1.29, 1.82) is 0 Å². The Morgan fingerprint density at radius 3 is 2.70 bits per heavy atom. The number of carboxylic acid groups (broad SMARTS) is 1. The third kappa shape index (κ3) is 3.40. The number of rotatable bonds is 3. The van der Waals surface area contributed by atoms with E-state index in [-0.39, 0.29) is 18.5 Å². The van der Waals surface area contributed by atoms with Gasteiger partial charge in [0.25, 0.3) is 0 Å². The van der Waals surface area contributed by atoms with Gasteiger partial charge in [0.15, 0.2) is 0 Å². The van der Waals surface area contributed by atoms with Gasteiger partial charge in [0.1, 0.15) is 0 Å². The molecule has 2 atom stereocenters. The smallest absolute Gasteiger partial charge is 0.320 e. The molecule has 0 aromatic rings. The summed E-state index contributed by atoms with van der Waals surface area (Å²) in [5.41, 5.74) is 0. The van der Waals surface area contributed by atoms with Crippen LogP contribution in [0.25, 0.3) is 0 Å². The van der Waals surface area contributed by atoms with Crippen LogP contribution < -0.4 is 0 Å². The van der Waals surface area contributed by atoms with Crippen LogP contribution in [0.5, 0.6) is 0 Å². The predicted molar refractivity (Wildman–Crippen MR) is 72.6 cm³/mol. The van der Waals surface area contributed by atoms with Crippen molar-refractivity contribution >= 4 is 12.0 Å². The van der Waals surface area contributed by atoms with E-state index in [9.17, 15) is 9.59 Å². The van der Waals surface area contributed by atoms with Crippen molar-refractivity contribution < 1.29 is 19.4 Å². The largest absolute Gasteiger partial charge is 0.481 e. The van der Waals surface area contributed by atoms with Crippen molar-refractivity contribution in [3.05, 3.63) is 0 Å². The molecule has 0 aromatic heterocycles. The van der Waals surface area contributed by atoms with E-state index in [1.54, 1.807) is 4.90 Å². The van der Waals surface area contributed by atoms with Crippen molar-refractivity contribution in [3.63, 3.8) is 0 Å². The highest BCUT2D eigenvalue weighted by Crippen LogP contribution is 2.19. The van der Waals surface area contributed by atoms with Gasteiger partial charge in [-0.15, -0.1) is 0 Å². The van der Waals surface area contributed by atoms with Gasteiger partial charge >= 0.3 is 12.0 Å². The number of likely N-dealkylation sites (N-methyl/N-ethyl adjacent to an activating group) is 1. The number of likely N-dealkylation sites (tertiary alicyclic amines) is 1. The van der Waals surface area contributed by atoms with Gasteiger partial charge in [0.2, 0.25) is 0 Å². The average Bonchev–Trinajstić information content (AvgIpc) is 2.87. The summed E-state index contributed by atoms with van der Waals surface area (Å²) in [7, 11) is 4.03. The van der Waals surface area contributed by atoms with E-state index in [2.05, 4.69) is 4.90 Å². The van der Waals surface area contributed by atoms with E-state index in [0.29, 0.717) is 32.3 Å². The monoisotopic (exact) mass is 285 g/mol. The fourth-order valence-corrected chi connectivity index (χ4v) is 2.80. The molecule has 0 saturated carbocycles. The summed E-state index contributed by atoms with van der Waals surface area (Å²) < 4.78 is 5.30. The highest BCUT2D eigenvalue weighted by atomic mass is 16.5. The first kappa shape index (κ1) is 15.1. The van der Waals surface area contributed by atoms with E-state index < -0.39 is 5.97 Å². The number of nitrogens with zero attached hydrogens (tertiary/aromatic N) is 3. The maximum absolute atomic E-state index is 12.5.